The fraction of sp³-hybridized carbons (Fsp3) is 0.375. The molecule has 0 saturated carbocycles. The summed E-state index contributed by atoms with van der Waals surface area (Å²) in [5.74, 6) is -0.469. The van der Waals surface area contributed by atoms with Gasteiger partial charge in [-0.3, -0.25) is 4.90 Å². The number of nitrogens with zero attached hydrogens (tertiary/aromatic N) is 1. The van der Waals surface area contributed by atoms with Crippen molar-refractivity contribution in [1.82, 2.24) is 10.2 Å². The zero-order chi connectivity index (χ0) is 16.3. The maximum Gasteiger partial charge on any atom is 0.337 e. The predicted octanol–water partition coefficient (Wildman–Crippen LogP) is 3.26. The summed E-state index contributed by atoms with van der Waals surface area (Å²) in [6.07, 6.45) is 0.788. The molecule has 0 bridgehead atoms. The van der Waals surface area contributed by atoms with E-state index in [2.05, 4.69) is 5.32 Å². The third-order valence-corrected chi connectivity index (χ3v) is 4.01. The Morgan fingerprint density at radius 3 is 2.68 bits per heavy atom. The van der Waals surface area contributed by atoms with Gasteiger partial charge in [-0.15, -0.1) is 0 Å². The molecule has 1 aliphatic heterocycles. The van der Waals surface area contributed by atoms with Gasteiger partial charge in [0, 0.05) is 17.3 Å². The number of carbonyl (C=O) groups is 2. The van der Waals surface area contributed by atoms with E-state index in [-0.39, 0.29) is 6.03 Å². The molecule has 0 radical (unpaired) electrons. The molecule has 1 aromatic carbocycles. The smallest absolute Gasteiger partial charge is 0.337 e. The number of carbonyl (C=O) groups excluding carboxylic acids is 2. The molecular formula is C16H19ClN2O3. The zero-order valence-corrected chi connectivity index (χ0v) is 13.6. The van der Waals surface area contributed by atoms with Crippen molar-refractivity contribution in [2.24, 2.45) is 0 Å². The third-order valence-electron chi connectivity index (χ3n) is 3.67. The van der Waals surface area contributed by atoms with Crippen molar-refractivity contribution < 1.29 is 14.3 Å². The number of urea groups is 1. The standard InChI is InChI=1S/C16H19ClN2O3/c1-4-9-19-10(2)13(15(20)22-3)14(18-16(19)21)11-7-5-6-8-12(11)17/h5-8,14H,4,9H2,1-3H3,(H,18,21). The highest BCUT2D eigenvalue weighted by Gasteiger charge is 2.36. The van der Waals surface area contributed by atoms with Gasteiger partial charge in [0.2, 0.25) is 0 Å². The number of allylic oxidation sites excluding steroid dienone is 1. The van der Waals surface area contributed by atoms with Gasteiger partial charge >= 0.3 is 12.0 Å². The molecule has 0 aromatic heterocycles. The lowest BCUT2D eigenvalue weighted by atomic mass is 9.95. The molecule has 0 fully saturated rings. The van der Waals surface area contributed by atoms with E-state index < -0.39 is 12.0 Å². The van der Waals surface area contributed by atoms with Crippen LogP contribution in [0.2, 0.25) is 5.02 Å². The van der Waals surface area contributed by atoms with Crippen LogP contribution in [0.15, 0.2) is 35.5 Å². The molecule has 1 heterocycles. The predicted molar refractivity (Wildman–Crippen MR) is 84.4 cm³/mol. The second kappa shape index (κ2) is 6.83. The molecule has 2 amide bonds. The number of hydrogen-bond donors (Lipinski definition) is 1. The summed E-state index contributed by atoms with van der Waals surface area (Å²) in [7, 11) is 1.33. The van der Waals surface area contributed by atoms with E-state index in [9.17, 15) is 9.59 Å². The van der Waals surface area contributed by atoms with Gasteiger partial charge in [0.15, 0.2) is 0 Å². The fourth-order valence-corrected chi connectivity index (χ4v) is 2.84. The first-order chi connectivity index (χ1) is 10.5. The molecule has 1 aromatic rings. The van der Waals surface area contributed by atoms with Gasteiger partial charge in [-0.25, -0.2) is 9.59 Å². The second-order valence-corrected chi connectivity index (χ2v) is 5.45. The molecule has 5 nitrogen and oxygen atoms in total. The van der Waals surface area contributed by atoms with Crippen LogP contribution < -0.4 is 5.32 Å². The van der Waals surface area contributed by atoms with Crippen molar-refractivity contribution in [2.75, 3.05) is 13.7 Å². The number of amides is 2. The number of hydrogen-bond acceptors (Lipinski definition) is 3. The number of halogens is 1. The molecule has 118 valence electrons. The van der Waals surface area contributed by atoms with Crippen LogP contribution in [-0.2, 0) is 9.53 Å². The Bertz CT molecular complexity index is 628. The minimum Gasteiger partial charge on any atom is -0.466 e. The van der Waals surface area contributed by atoms with Crippen LogP contribution in [0.4, 0.5) is 4.79 Å². The van der Waals surface area contributed by atoms with E-state index in [0.717, 1.165) is 6.42 Å². The molecule has 2 rings (SSSR count). The Kier molecular flexibility index (Phi) is 5.08. The molecule has 1 atom stereocenters. The summed E-state index contributed by atoms with van der Waals surface area (Å²) in [5.41, 5.74) is 1.68. The lowest BCUT2D eigenvalue weighted by Crippen LogP contribution is -2.48. The molecule has 0 saturated heterocycles. The quantitative estimate of drug-likeness (QED) is 0.866. The first-order valence-corrected chi connectivity index (χ1v) is 7.50. The van der Waals surface area contributed by atoms with Crippen LogP contribution in [0.5, 0.6) is 0 Å². The van der Waals surface area contributed by atoms with Gasteiger partial charge in [0.05, 0.1) is 18.7 Å². The molecule has 0 spiro atoms. The Hall–Kier alpha value is -2.01. The Labute approximate surface area is 134 Å². The van der Waals surface area contributed by atoms with Crippen molar-refractivity contribution in [2.45, 2.75) is 26.3 Å². The average Bonchev–Trinajstić information content (AvgIpc) is 2.50. The number of esters is 1. The number of rotatable bonds is 4. The number of nitrogens with one attached hydrogen (secondary N) is 1. The molecule has 1 aliphatic rings. The molecule has 22 heavy (non-hydrogen) atoms. The Balaban J connectivity index is 2.56. The van der Waals surface area contributed by atoms with Gasteiger partial charge in [0.1, 0.15) is 0 Å². The maximum absolute atomic E-state index is 12.3. The highest BCUT2D eigenvalue weighted by molar-refractivity contribution is 6.31. The second-order valence-electron chi connectivity index (χ2n) is 5.05. The van der Waals surface area contributed by atoms with Gasteiger partial charge in [0.25, 0.3) is 0 Å². The summed E-state index contributed by atoms with van der Waals surface area (Å²) in [6, 6.07) is 6.29. The molecular weight excluding hydrogens is 304 g/mol. The van der Waals surface area contributed by atoms with Crippen LogP contribution in [0.25, 0.3) is 0 Å². The van der Waals surface area contributed by atoms with Gasteiger partial charge in [-0.2, -0.15) is 0 Å². The van der Waals surface area contributed by atoms with Crippen LogP contribution in [-0.4, -0.2) is 30.6 Å². The lowest BCUT2D eigenvalue weighted by Gasteiger charge is -2.35. The van der Waals surface area contributed by atoms with E-state index in [1.165, 1.54) is 7.11 Å². The third kappa shape index (κ3) is 2.95. The van der Waals surface area contributed by atoms with Crippen molar-refractivity contribution in [3.8, 4) is 0 Å². The molecule has 1 N–H and O–H groups in total. The zero-order valence-electron chi connectivity index (χ0n) is 12.9. The van der Waals surface area contributed by atoms with E-state index >= 15 is 0 Å². The summed E-state index contributed by atoms with van der Waals surface area (Å²) >= 11 is 6.22. The van der Waals surface area contributed by atoms with Crippen molar-refractivity contribution in [3.05, 3.63) is 46.1 Å². The van der Waals surface area contributed by atoms with Gasteiger partial charge in [-0.05, 0) is 25.0 Å². The topological polar surface area (TPSA) is 58.6 Å². The van der Waals surface area contributed by atoms with Crippen LogP contribution >= 0.6 is 11.6 Å². The molecule has 6 heteroatoms. The summed E-state index contributed by atoms with van der Waals surface area (Å²) in [5, 5.41) is 3.34. The average molecular weight is 323 g/mol. The number of ether oxygens (including phenoxy) is 1. The van der Waals surface area contributed by atoms with Crippen molar-refractivity contribution in [1.29, 1.82) is 0 Å². The monoisotopic (exact) mass is 322 g/mol. The first-order valence-electron chi connectivity index (χ1n) is 7.12. The number of benzene rings is 1. The van der Waals surface area contributed by atoms with Gasteiger partial charge in [-0.1, -0.05) is 36.7 Å². The molecule has 1 unspecified atom stereocenters. The van der Waals surface area contributed by atoms with Crippen LogP contribution in [0.3, 0.4) is 0 Å². The van der Waals surface area contributed by atoms with Crippen LogP contribution in [0.1, 0.15) is 31.9 Å². The fourth-order valence-electron chi connectivity index (χ4n) is 2.59. The molecule has 0 aliphatic carbocycles. The minimum absolute atomic E-state index is 0.239. The summed E-state index contributed by atoms with van der Waals surface area (Å²) in [4.78, 5) is 26.1. The Morgan fingerprint density at radius 2 is 2.09 bits per heavy atom. The minimum atomic E-state index is -0.609. The SMILES string of the molecule is CCCN1C(=O)NC(c2ccccc2Cl)C(C(=O)OC)=C1C. The van der Waals surface area contributed by atoms with E-state index in [4.69, 9.17) is 16.3 Å². The van der Waals surface area contributed by atoms with Gasteiger partial charge < -0.3 is 10.1 Å². The normalized spacial score (nSPS) is 18.3. The van der Waals surface area contributed by atoms with E-state index in [0.29, 0.717) is 28.4 Å². The largest absolute Gasteiger partial charge is 0.466 e. The highest BCUT2D eigenvalue weighted by Crippen LogP contribution is 2.34. The van der Waals surface area contributed by atoms with E-state index in [1.54, 1.807) is 30.0 Å². The highest BCUT2D eigenvalue weighted by atomic mass is 35.5. The van der Waals surface area contributed by atoms with Crippen molar-refractivity contribution >= 4 is 23.6 Å². The summed E-state index contributed by atoms with van der Waals surface area (Å²) < 4.78 is 4.90. The van der Waals surface area contributed by atoms with Crippen LogP contribution in [0, 0.1) is 0 Å². The summed E-state index contributed by atoms with van der Waals surface area (Å²) in [6.45, 7) is 4.26. The maximum atomic E-state index is 12.3. The lowest BCUT2D eigenvalue weighted by molar-refractivity contribution is -0.136. The van der Waals surface area contributed by atoms with Crippen molar-refractivity contribution in [3.63, 3.8) is 0 Å². The first kappa shape index (κ1) is 16.4. The Morgan fingerprint density at radius 1 is 1.41 bits per heavy atom. The van der Waals surface area contributed by atoms with E-state index in [1.807, 2.05) is 13.0 Å². The number of methoxy groups -OCH3 is 1.